The molecule has 0 unspecified atom stereocenters. The summed E-state index contributed by atoms with van der Waals surface area (Å²) in [6, 6.07) is 6.78. The first kappa shape index (κ1) is 8.17. The van der Waals surface area contributed by atoms with Crippen LogP contribution in [0, 0.1) is 0 Å². The van der Waals surface area contributed by atoms with Crippen LogP contribution in [0.15, 0.2) is 35.9 Å². The van der Waals surface area contributed by atoms with Gasteiger partial charge < -0.3 is 9.84 Å². The number of hydrogen-bond donors (Lipinski definition) is 1. The molecule has 0 radical (unpaired) electrons. The second-order valence-corrected chi connectivity index (χ2v) is 3.17. The van der Waals surface area contributed by atoms with Crippen LogP contribution in [-0.2, 0) is 0 Å². The molecule has 13 heavy (non-hydrogen) atoms. The van der Waals surface area contributed by atoms with Crippen LogP contribution >= 0.6 is 0 Å². The Hall–Kier alpha value is -1.44. The summed E-state index contributed by atoms with van der Waals surface area (Å²) in [7, 11) is 0. The summed E-state index contributed by atoms with van der Waals surface area (Å²) >= 11 is 0. The maximum Gasteiger partial charge on any atom is 0.120 e. The molecule has 1 aliphatic carbocycles. The van der Waals surface area contributed by atoms with E-state index in [-0.39, 0.29) is 5.75 Å². The van der Waals surface area contributed by atoms with Gasteiger partial charge in [0.25, 0.3) is 0 Å². The minimum Gasteiger partial charge on any atom is -0.508 e. The fraction of sp³-hybridized carbons (Fsp3) is 0.273. The Kier molecular flexibility index (Phi) is 2.21. The Morgan fingerprint density at radius 1 is 1.23 bits per heavy atom. The molecule has 1 saturated carbocycles. The average molecular weight is 176 g/mol. The lowest BCUT2D eigenvalue weighted by Gasteiger charge is -2.01. The van der Waals surface area contributed by atoms with Crippen molar-refractivity contribution in [3.8, 4) is 11.5 Å². The molecular formula is C11H12O2. The van der Waals surface area contributed by atoms with Gasteiger partial charge in [0, 0.05) is 0 Å². The molecule has 0 amide bonds. The van der Waals surface area contributed by atoms with Crippen molar-refractivity contribution < 1.29 is 9.84 Å². The fourth-order valence-corrected chi connectivity index (χ4v) is 1.07. The van der Waals surface area contributed by atoms with Crippen molar-refractivity contribution in [2.24, 2.45) is 0 Å². The van der Waals surface area contributed by atoms with Gasteiger partial charge in [-0.25, -0.2) is 0 Å². The van der Waals surface area contributed by atoms with Gasteiger partial charge in [-0.15, -0.1) is 0 Å². The van der Waals surface area contributed by atoms with E-state index in [2.05, 4.69) is 6.08 Å². The molecule has 0 aliphatic heterocycles. The van der Waals surface area contributed by atoms with Gasteiger partial charge in [-0.3, -0.25) is 0 Å². The van der Waals surface area contributed by atoms with E-state index < -0.39 is 0 Å². The first-order valence-electron chi connectivity index (χ1n) is 4.44. The molecule has 2 heteroatoms. The predicted molar refractivity (Wildman–Crippen MR) is 50.9 cm³/mol. The SMILES string of the molecule is Oc1ccc(OCC=C2CC2)cc1. The van der Waals surface area contributed by atoms with Crippen LogP contribution in [0.2, 0.25) is 0 Å². The number of ether oxygens (including phenoxy) is 1. The first-order valence-corrected chi connectivity index (χ1v) is 4.44. The highest BCUT2D eigenvalue weighted by Crippen LogP contribution is 2.27. The van der Waals surface area contributed by atoms with Crippen LogP contribution in [0.4, 0.5) is 0 Å². The van der Waals surface area contributed by atoms with Gasteiger partial charge in [-0.05, 0) is 43.2 Å². The number of phenols is 1. The first-order chi connectivity index (χ1) is 6.34. The molecule has 0 bridgehead atoms. The molecule has 0 heterocycles. The smallest absolute Gasteiger partial charge is 0.120 e. The second kappa shape index (κ2) is 3.52. The molecule has 0 spiro atoms. The molecule has 68 valence electrons. The van der Waals surface area contributed by atoms with Crippen molar-refractivity contribution in [3.63, 3.8) is 0 Å². The molecule has 1 aliphatic rings. The van der Waals surface area contributed by atoms with Gasteiger partial charge in [0.15, 0.2) is 0 Å². The predicted octanol–water partition coefficient (Wildman–Crippen LogP) is 2.49. The highest BCUT2D eigenvalue weighted by atomic mass is 16.5. The van der Waals surface area contributed by atoms with Crippen LogP contribution in [-0.4, -0.2) is 11.7 Å². The summed E-state index contributed by atoms with van der Waals surface area (Å²) < 4.78 is 5.42. The third kappa shape index (κ3) is 2.51. The van der Waals surface area contributed by atoms with E-state index in [0.29, 0.717) is 6.61 Å². The van der Waals surface area contributed by atoms with Gasteiger partial charge in [-0.2, -0.15) is 0 Å². The largest absolute Gasteiger partial charge is 0.508 e. The molecule has 1 fully saturated rings. The normalized spacial score (nSPS) is 14.0. The van der Waals surface area contributed by atoms with Crippen LogP contribution in [0.25, 0.3) is 0 Å². The highest BCUT2D eigenvalue weighted by molar-refractivity contribution is 5.30. The third-order valence-corrected chi connectivity index (χ3v) is 2.00. The molecular weight excluding hydrogens is 164 g/mol. The maximum atomic E-state index is 9.01. The second-order valence-electron chi connectivity index (χ2n) is 3.17. The van der Waals surface area contributed by atoms with E-state index in [1.807, 2.05) is 0 Å². The van der Waals surface area contributed by atoms with E-state index in [4.69, 9.17) is 9.84 Å². The standard InChI is InChI=1S/C11H12O2/c12-10-3-5-11(6-4-10)13-8-7-9-1-2-9/h3-7,12H,1-2,8H2. The van der Waals surface area contributed by atoms with Crippen molar-refractivity contribution in [2.75, 3.05) is 6.61 Å². The topological polar surface area (TPSA) is 29.5 Å². The van der Waals surface area contributed by atoms with Gasteiger partial charge >= 0.3 is 0 Å². The Balaban J connectivity index is 1.86. The molecule has 0 atom stereocenters. The number of allylic oxidation sites excluding steroid dienone is 1. The van der Waals surface area contributed by atoms with E-state index in [1.54, 1.807) is 24.3 Å². The molecule has 2 rings (SSSR count). The lowest BCUT2D eigenvalue weighted by atomic mass is 10.3. The van der Waals surface area contributed by atoms with Gasteiger partial charge in [0.2, 0.25) is 0 Å². The number of hydrogen-bond acceptors (Lipinski definition) is 2. The van der Waals surface area contributed by atoms with Gasteiger partial charge in [-0.1, -0.05) is 5.57 Å². The third-order valence-electron chi connectivity index (χ3n) is 2.00. The molecule has 0 aromatic heterocycles. The molecule has 1 aromatic rings. The van der Waals surface area contributed by atoms with Crippen LogP contribution < -0.4 is 4.74 Å². The van der Waals surface area contributed by atoms with E-state index >= 15 is 0 Å². The lowest BCUT2D eigenvalue weighted by molar-refractivity contribution is 0.361. The van der Waals surface area contributed by atoms with Gasteiger partial charge in [0.1, 0.15) is 18.1 Å². The average Bonchev–Trinajstić information content (AvgIpc) is 2.92. The number of phenolic OH excluding ortho intramolecular Hbond substituents is 1. The summed E-state index contributed by atoms with van der Waals surface area (Å²) in [5, 5.41) is 9.01. The Labute approximate surface area is 77.5 Å². The number of rotatable bonds is 3. The van der Waals surface area contributed by atoms with Crippen molar-refractivity contribution >= 4 is 0 Å². The van der Waals surface area contributed by atoms with E-state index in [0.717, 1.165) is 5.75 Å². The summed E-state index contributed by atoms with van der Waals surface area (Å²) in [5.74, 6) is 1.07. The van der Waals surface area contributed by atoms with E-state index in [1.165, 1.54) is 18.4 Å². The highest BCUT2D eigenvalue weighted by Gasteiger charge is 2.09. The van der Waals surface area contributed by atoms with Crippen molar-refractivity contribution in [1.29, 1.82) is 0 Å². The lowest BCUT2D eigenvalue weighted by Crippen LogP contribution is -1.92. The Bertz CT molecular complexity index is 305. The van der Waals surface area contributed by atoms with Crippen molar-refractivity contribution in [1.82, 2.24) is 0 Å². The summed E-state index contributed by atoms with van der Waals surface area (Å²) in [6.07, 6.45) is 4.59. The Morgan fingerprint density at radius 2 is 1.92 bits per heavy atom. The quantitative estimate of drug-likeness (QED) is 0.717. The monoisotopic (exact) mass is 176 g/mol. The summed E-state index contributed by atoms with van der Waals surface area (Å²) in [4.78, 5) is 0. The maximum absolute atomic E-state index is 9.01. The number of aromatic hydroxyl groups is 1. The minimum atomic E-state index is 0.271. The Morgan fingerprint density at radius 3 is 2.54 bits per heavy atom. The van der Waals surface area contributed by atoms with Crippen LogP contribution in [0.1, 0.15) is 12.8 Å². The minimum absolute atomic E-state index is 0.271. The molecule has 2 nitrogen and oxygen atoms in total. The summed E-state index contributed by atoms with van der Waals surface area (Å²) in [5.41, 5.74) is 1.48. The zero-order chi connectivity index (χ0) is 9.10. The fourth-order valence-electron chi connectivity index (χ4n) is 1.07. The van der Waals surface area contributed by atoms with Crippen molar-refractivity contribution in [2.45, 2.75) is 12.8 Å². The zero-order valence-electron chi connectivity index (χ0n) is 7.36. The van der Waals surface area contributed by atoms with Gasteiger partial charge in [0.05, 0.1) is 0 Å². The van der Waals surface area contributed by atoms with Crippen LogP contribution in [0.3, 0.4) is 0 Å². The zero-order valence-corrected chi connectivity index (χ0v) is 7.36. The molecule has 1 aromatic carbocycles. The van der Waals surface area contributed by atoms with Crippen LogP contribution in [0.5, 0.6) is 11.5 Å². The molecule has 1 N–H and O–H groups in total. The number of benzene rings is 1. The summed E-state index contributed by atoms with van der Waals surface area (Å²) in [6.45, 7) is 0.639. The van der Waals surface area contributed by atoms with E-state index in [9.17, 15) is 0 Å². The molecule has 0 saturated heterocycles. The van der Waals surface area contributed by atoms with Crippen molar-refractivity contribution in [3.05, 3.63) is 35.9 Å².